The standard InChI is InChI=1S/C14H19N3O3/c1-8-5-9(2)11(15)6-10(8)14(19)17-3-4-20-7-12(17)13(16)18/h5-6,12H,3-4,7,15H2,1-2H3,(H2,16,18). The molecule has 0 aliphatic carbocycles. The molecule has 1 aromatic rings. The highest BCUT2D eigenvalue weighted by Gasteiger charge is 2.32. The van der Waals surface area contributed by atoms with E-state index in [1.54, 1.807) is 6.07 Å². The number of hydrogen-bond donors (Lipinski definition) is 2. The van der Waals surface area contributed by atoms with Crippen molar-refractivity contribution in [1.29, 1.82) is 0 Å². The van der Waals surface area contributed by atoms with Crippen LogP contribution in [0.15, 0.2) is 12.1 Å². The average molecular weight is 277 g/mol. The molecule has 1 fully saturated rings. The van der Waals surface area contributed by atoms with Crippen LogP contribution in [0.5, 0.6) is 0 Å². The van der Waals surface area contributed by atoms with Crippen LogP contribution in [-0.4, -0.2) is 42.5 Å². The van der Waals surface area contributed by atoms with Crippen LogP contribution in [0, 0.1) is 13.8 Å². The van der Waals surface area contributed by atoms with Gasteiger partial charge < -0.3 is 21.1 Å². The minimum Gasteiger partial charge on any atom is -0.398 e. The number of primary amides is 1. The maximum absolute atomic E-state index is 12.6. The van der Waals surface area contributed by atoms with Crippen LogP contribution < -0.4 is 11.5 Å². The van der Waals surface area contributed by atoms with Gasteiger partial charge in [-0.1, -0.05) is 6.07 Å². The van der Waals surface area contributed by atoms with E-state index in [4.69, 9.17) is 16.2 Å². The second-order valence-electron chi connectivity index (χ2n) is 5.02. The van der Waals surface area contributed by atoms with Gasteiger partial charge in [0.1, 0.15) is 6.04 Å². The van der Waals surface area contributed by atoms with Gasteiger partial charge in [-0.15, -0.1) is 0 Å². The Balaban J connectivity index is 2.34. The highest BCUT2D eigenvalue weighted by Crippen LogP contribution is 2.21. The fraction of sp³-hybridized carbons (Fsp3) is 0.429. The van der Waals surface area contributed by atoms with E-state index in [9.17, 15) is 9.59 Å². The zero-order valence-corrected chi connectivity index (χ0v) is 11.7. The van der Waals surface area contributed by atoms with Crippen LogP contribution in [0.2, 0.25) is 0 Å². The van der Waals surface area contributed by atoms with E-state index in [0.717, 1.165) is 11.1 Å². The molecule has 1 aliphatic rings. The average Bonchev–Trinajstić information content (AvgIpc) is 2.42. The van der Waals surface area contributed by atoms with Crippen molar-refractivity contribution in [3.05, 3.63) is 28.8 Å². The number of hydrogen-bond acceptors (Lipinski definition) is 4. The zero-order chi connectivity index (χ0) is 14.9. The molecule has 1 unspecified atom stereocenters. The van der Waals surface area contributed by atoms with Gasteiger partial charge in [0, 0.05) is 17.8 Å². The quantitative estimate of drug-likeness (QED) is 0.755. The summed E-state index contributed by atoms with van der Waals surface area (Å²) in [6.07, 6.45) is 0. The number of nitrogens with zero attached hydrogens (tertiary/aromatic N) is 1. The van der Waals surface area contributed by atoms with Crippen LogP contribution >= 0.6 is 0 Å². The lowest BCUT2D eigenvalue weighted by Crippen LogP contribution is -2.54. The topological polar surface area (TPSA) is 98.6 Å². The van der Waals surface area contributed by atoms with Crippen molar-refractivity contribution >= 4 is 17.5 Å². The number of nitrogen functional groups attached to an aromatic ring is 1. The van der Waals surface area contributed by atoms with Gasteiger partial charge in [0.15, 0.2) is 0 Å². The molecule has 0 aromatic heterocycles. The van der Waals surface area contributed by atoms with Gasteiger partial charge >= 0.3 is 0 Å². The molecule has 4 N–H and O–H groups in total. The summed E-state index contributed by atoms with van der Waals surface area (Å²) < 4.78 is 5.21. The Morgan fingerprint density at radius 2 is 2.00 bits per heavy atom. The number of nitrogens with two attached hydrogens (primary N) is 2. The molecular weight excluding hydrogens is 258 g/mol. The van der Waals surface area contributed by atoms with E-state index in [1.165, 1.54) is 4.90 Å². The summed E-state index contributed by atoms with van der Waals surface area (Å²) in [6, 6.07) is 2.79. The van der Waals surface area contributed by atoms with Gasteiger partial charge in [0.2, 0.25) is 5.91 Å². The molecule has 20 heavy (non-hydrogen) atoms. The van der Waals surface area contributed by atoms with Crippen molar-refractivity contribution < 1.29 is 14.3 Å². The highest BCUT2D eigenvalue weighted by atomic mass is 16.5. The molecule has 1 atom stereocenters. The number of aryl methyl sites for hydroxylation is 2. The maximum atomic E-state index is 12.6. The van der Waals surface area contributed by atoms with Crippen molar-refractivity contribution in [2.45, 2.75) is 19.9 Å². The van der Waals surface area contributed by atoms with E-state index in [1.807, 2.05) is 19.9 Å². The minimum absolute atomic E-state index is 0.140. The number of ether oxygens (including phenoxy) is 1. The smallest absolute Gasteiger partial charge is 0.255 e. The molecule has 108 valence electrons. The number of morpholine rings is 1. The van der Waals surface area contributed by atoms with E-state index in [2.05, 4.69) is 0 Å². The SMILES string of the molecule is Cc1cc(C)c(C(=O)N2CCOCC2C(N)=O)cc1N. The fourth-order valence-corrected chi connectivity index (χ4v) is 2.34. The summed E-state index contributed by atoms with van der Waals surface area (Å²) in [5.41, 5.74) is 14.0. The Labute approximate surface area is 117 Å². The molecule has 1 aliphatic heterocycles. The number of carbonyl (C=O) groups excluding carboxylic acids is 2. The molecule has 1 heterocycles. The van der Waals surface area contributed by atoms with Gasteiger partial charge in [-0.05, 0) is 31.0 Å². The maximum Gasteiger partial charge on any atom is 0.255 e. The molecule has 1 saturated heterocycles. The van der Waals surface area contributed by atoms with Crippen molar-refractivity contribution in [3.8, 4) is 0 Å². The van der Waals surface area contributed by atoms with Crippen molar-refractivity contribution in [2.75, 3.05) is 25.5 Å². The number of carbonyl (C=O) groups is 2. The molecule has 6 heteroatoms. The predicted octanol–water partition coefficient (Wildman–Crippen LogP) is 0.212. The number of anilines is 1. The second-order valence-corrected chi connectivity index (χ2v) is 5.02. The van der Waals surface area contributed by atoms with Gasteiger partial charge in [-0.25, -0.2) is 0 Å². The summed E-state index contributed by atoms with van der Waals surface area (Å²) in [7, 11) is 0. The highest BCUT2D eigenvalue weighted by molar-refractivity contribution is 5.99. The number of amides is 2. The molecule has 2 amide bonds. The summed E-state index contributed by atoms with van der Waals surface area (Å²) >= 11 is 0. The Kier molecular flexibility index (Phi) is 3.94. The molecular formula is C14H19N3O3. The lowest BCUT2D eigenvalue weighted by atomic mass is 10.0. The van der Waals surface area contributed by atoms with E-state index >= 15 is 0 Å². The van der Waals surface area contributed by atoms with Crippen LogP contribution in [0.1, 0.15) is 21.5 Å². The summed E-state index contributed by atoms with van der Waals surface area (Å²) in [4.78, 5) is 25.5. The first-order chi connectivity index (χ1) is 9.41. The molecule has 0 saturated carbocycles. The van der Waals surface area contributed by atoms with Gasteiger partial charge in [-0.3, -0.25) is 9.59 Å². The van der Waals surface area contributed by atoms with Crippen LogP contribution in [0.4, 0.5) is 5.69 Å². The molecule has 0 bridgehead atoms. The Morgan fingerprint density at radius 1 is 1.30 bits per heavy atom. The Morgan fingerprint density at radius 3 is 2.65 bits per heavy atom. The van der Waals surface area contributed by atoms with Crippen molar-refractivity contribution in [3.63, 3.8) is 0 Å². The van der Waals surface area contributed by atoms with Crippen LogP contribution in [0.25, 0.3) is 0 Å². The largest absolute Gasteiger partial charge is 0.398 e. The zero-order valence-electron chi connectivity index (χ0n) is 11.7. The third kappa shape index (κ3) is 2.60. The number of rotatable bonds is 2. The first kappa shape index (κ1) is 14.3. The summed E-state index contributed by atoms with van der Waals surface area (Å²) in [5, 5.41) is 0. The van der Waals surface area contributed by atoms with E-state index in [-0.39, 0.29) is 12.5 Å². The molecule has 2 rings (SSSR count). The van der Waals surface area contributed by atoms with Crippen molar-refractivity contribution in [2.24, 2.45) is 5.73 Å². The predicted molar refractivity (Wildman–Crippen MR) is 75.2 cm³/mol. The fourth-order valence-electron chi connectivity index (χ4n) is 2.34. The monoisotopic (exact) mass is 277 g/mol. The molecule has 6 nitrogen and oxygen atoms in total. The number of benzene rings is 1. The third-order valence-corrected chi connectivity index (χ3v) is 3.56. The third-order valence-electron chi connectivity index (χ3n) is 3.56. The normalized spacial score (nSPS) is 18.9. The lowest BCUT2D eigenvalue weighted by Gasteiger charge is -2.34. The van der Waals surface area contributed by atoms with Crippen LogP contribution in [-0.2, 0) is 9.53 Å². The molecule has 1 aromatic carbocycles. The van der Waals surface area contributed by atoms with Gasteiger partial charge in [-0.2, -0.15) is 0 Å². The van der Waals surface area contributed by atoms with Gasteiger partial charge in [0.05, 0.1) is 13.2 Å². The van der Waals surface area contributed by atoms with E-state index < -0.39 is 11.9 Å². The second kappa shape index (κ2) is 5.50. The van der Waals surface area contributed by atoms with Gasteiger partial charge in [0.25, 0.3) is 5.91 Å². The lowest BCUT2D eigenvalue weighted by molar-refractivity contribution is -0.127. The molecule has 0 radical (unpaired) electrons. The summed E-state index contributed by atoms with van der Waals surface area (Å²) in [6.45, 7) is 4.62. The van der Waals surface area contributed by atoms with Crippen LogP contribution in [0.3, 0.4) is 0 Å². The molecule has 0 spiro atoms. The van der Waals surface area contributed by atoms with Crippen molar-refractivity contribution in [1.82, 2.24) is 4.90 Å². The summed E-state index contributed by atoms with van der Waals surface area (Å²) in [5.74, 6) is -0.794. The minimum atomic E-state index is -0.724. The first-order valence-corrected chi connectivity index (χ1v) is 6.46. The Hall–Kier alpha value is -2.08. The van der Waals surface area contributed by atoms with E-state index in [0.29, 0.717) is 24.4 Å². The Bertz CT molecular complexity index is 557. The first-order valence-electron chi connectivity index (χ1n) is 6.46.